The maximum absolute atomic E-state index is 8.32. The van der Waals surface area contributed by atoms with Crippen molar-refractivity contribution < 1.29 is 51.8 Å². The third kappa shape index (κ3) is 7.37. The molecule has 0 aromatic carbocycles. The molecule has 0 saturated heterocycles. The van der Waals surface area contributed by atoms with Crippen LogP contribution in [0.4, 0.5) is 0 Å². The van der Waals surface area contributed by atoms with Crippen LogP contribution in [0.3, 0.4) is 0 Å². The molecular weight excluding hydrogens is 208 g/mol. The number of aliphatic hydroxyl groups excluding tert-OH is 1. The Labute approximate surface area is 74.1 Å². The number of hydrogen-bond donors (Lipinski definition) is 2. The second kappa shape index (κ2) is 8.37. The van der Waals surface area contributed by atoms with Crippen molar-refractivity contribution in [3.63, 3.8) is 0 Å². The van der Waals surface area contributed by atoms with E-state index in [4.69, 9.17) is 10.00 Å². The van der Waals surface area contributed by atoms with Gasteiger partial charge in [-0.1, -0.05) is 0 Å². The molecule has 0 heterocycles. The molecule has 0 bridgehead atoms. The Bertz CT molecular complexity index is 45.0. The molecule has 6 heteroatoms. The van der Waals surface area contributed by atoms with Gasteiger partial charge in [-0.3, -0.25) is 4.52 Å². The van der Waals surface area contributed by atoms with E-state index in [-0.39, 0.29) is 32.7 Å². The summed E-state index contributed by atoms with van der Waals surface area (Å²) >= 11 is 0. The van der Waals surface area contributed by atoms with Crippen molar-refractivity contribution >= 4 is 8.60 Å². The van der Waals surface area contributed by atoms with Gasteiger partial charge in [-0.25, -0.2) is 0 Å². The molecule has 0 aliphatic carbocycles. The standard InChI is InChI=1S/C2H7O4P.Y/c1-5-7(4)6-2-3;/h3-4H,2H2,1H3;. The molecule has 0 amide bonds. The zero-order valence-electron chi connectivity index (χ0n) is 4.44. The Kier molecular flexibility index (Phi) is 12.7. The molecule has 0 rings (SSSR count). The summed E-state index contributed by atoms with van der Waals surface area (Å²) < 4.78 is 8.37. The van der Waals surface area contributed by atoms with E-state index in [9.17, 15) is 0 Å². The van der Waals surface area contributed by atoms with Crippen LogP contribution in [0.5, 0.6) is 0 Å². The van der Waals surface area contributed by atoms with E-state index in [0.29, 0.717) is 0 Å². The van der Waals surface area contributed by atoms with Crippen LogP contribution < -0.4 is 0 Å². The van der Waals surface area contributed by atoms with Gasteiger partial charge in [0.25, 0.3) is 0 Å². The molecule has 0 aliphatic rings. The molecule has 1 atom stereocenters. The molecule has 47 valence electrons. The van der Waals surface area contributed by atoms with Crippen LogP contribution in [-0.4, -0.2) is 23.9 Å². The van der Waals surface area contributed by atoms with Gasteiger partial charge in [-0.15, -0.1) is 0 Å². The van der Waals surface area contributed by atoms with Crippen LogP contribution in [0.1, 0.15) is 0 Å². The van der Waals surface area contributed by atoms with Crippen LogP contribution in [0.25, 0.3) is 0 Å². The molecule has 0 spiro atoms. The van der Waals surface area contributed by atoms with Gasteiger partial charge in [-0.2, -0.15) is 0 Å². The molecule has 0 aliphatic heterocycles. The van der Waals surface area contributed by atoms with E-state index in [1.54, 1.807) is 0 Å². The van der Waals surface area contributed by atoms with Gasteiger partial charge in [0.15, 0.2) is 6.79 Å². The molecule has 8 heavy (non-hydrogen) atoms. The van der Waals surface area contributed by atoms with Crippen molar-refractivity contribution in [1.82, 2.24) is 0 Å². The van der Waals surface area contributed by atoms with Crippen LogP contribution >= 0.6 is 8.60 Å². The molecule has 0 fully saturated rings. The molecule has 1 unspecified atom stereocenters. The van der Waals surface area contributed by atoms with E-state index in [1.165, 1.54) is 7.11 Å². The van der Waals surface area contributed by atoms with Gasteiger partial charge in [0.2, 0.25) is 0 Å². The minimum Gasteiger partial charge on any atom is -0.370 e. The summed E-state index contributed by atoms with van der Waals surface area (Å²) in [4.78, 5) is 8.32. The predicted molar refractivity (Wildman–Crippen MR) is 24.3 cm³/mol. The molecule has 0 saturated carbocycles. The Balaban J connectivity index is 0. The van der Waals surface area contributed by atoms with Crippen molar-refractivity contribution in [2.24, 2.45) is 0 Å². The fraction of sp³-hybridized carbons (Fsp3) is 1.00. The van der Waals surface area contributed by atoms with Gasteiger partial charge >= 0.3 is 8.60 Å². The van der Waals surface area contributed by atoms with Crippen molar-refractivity contribution in [1.29, 1.82) is 0 Å². The van der Waals surface area contributed by atoms with E-state index in [0.717, 1.165) is 0 Å². The van der Waals surface area contributed by atoms with Crippen LogP contribution in [0.2, 0.25) is 0 Å². The monoisotopic (exact) mass is 215 g/mol. The average Bonchev–Trinajstić information content (AvgIpc) is 1.68. The van der Waals surface area contributed by atoms with Gasteiger partial charge in [0.05, 0.1) is 0 Å². The van der Waals surface area contributed by atoms with E-state index in [2.05, 4.69) is 9.05 Å². The largest absolute Gasteiger partial charge is 0.370 e. The molecule has 0 aromatic rings. The first-order valence-corrected chi connectivity index (χ1v) is 2.71. The first-order chi connectivity index (χ1) is 3.31. The third-order valence-electron chi connectivity index (χ3n) is 0.324. The van der Waals surface area contributed by atoms with Crippen molar-refractivity contribution in [2.75, 3.05) is 13.9 Å². The minimum atomic E-state index is -1.83. The fourth-order valence-electron chi connectivity index (χ4n) is 0.102. The van der Waals surface area contributed by atoms with Crippen molar-refractivity contribution in [2.45, 2.75) is 0 Å². The summed E-state index contributed by atoms with van der Waals surface area (Å²) in [5.41, 5.74) is 0. The zero-order chi connectivity index (χ0) is 5.70. The molecule has 2 N–H and O–H groups in total. The Morgan fingerprint density at radius 3 is 2.25 bits per heavy atom. The van der Waals surface area contributed by atoms with Gasteiger partial charge in [0, 0.05) is 39.8 Å². The average molecular weight is 215 g/mol. The molecule has 0 aromatic heterocycles. The molecule has 4 nitrogen and oxygen atoms in total. The minimum absolute atomic E-state index is 0. The molecular formula is C2H7O4PY. The first-order valence-electron chi connectivity index (χ1n) is 1.58. The Hall–Kier alpha value is 1.37. The van der Waals surface area contributed by atoms with E-state index >= 15 is 0 Å². The fourth-order valence-corrected chi connectivity index (χ4v) is 0.306. The predicted octanol–water partition coefficient (Wildman–Crippen LogP) is -0.184. The van der Waals surface area contributed by atoms with Crippen molar-refractivity contribution in [3.05, 3.63) is 0 Å². The van der Waals surface area contributed by atoms with Gasteiger partial charge in [-0.05, 0) is 0 Å². The third-order valence-corrected chi connectivity index (χ3v) is 0.973. The Morgan fingerprint density at radius 1 is 1.62 bits per heavy atom. The van der Waals surface area contributed by atoms with Crippen LogP contribution in [0, 0.1) is 0 Å². The van der Waals surface area contributed by atoms with E-state index in [1.807, 2.05) is 0 Å². The summed E-state index contributed by atoms with van der Waals surface area (Å²) in [6.07, 6.45) is 0. The summed E-state index contributed by atoms with van der Waals surface area (Å²) in [7, 11) is -0.535. The summed E-state index contributed by atoms with van der Waals surface area (Å²) in [5, 5.41) is 7.92. The van der Waals surface area contributed by atoms with E-state index < -0.39 is 15.4 Å². The smallest absolute Gasteiger partial charge is 0.331 e. The Morgan fingerprint density at radius 2 is 2.12 bits per heavy atom. The zero-order valence-corrected chi connectivity index (χ0v) is 8.18. The number of hydrogen-bond acceptors (Lipinski definition) is 4. The summed E-state index contributed by atoms with van der Waals surface area (Å²) in [6, 6.07) is 0. The van der Waals surface area contributed by atoms with Gasteiger partial charge < -0.3 is 14.5 Å². The summed E-state index contributed by atoms with van der Waals surface area (Å²) in [6.45, 7) is -0.504. The molecule has 1 radical (unpaired) electrons. The first kappa shape index (κ1) is 12.1. The maximum Gasteiger partial charge on any atom is 0.331 e. The second-order valence-electron chi connectivity index (χ2n) is 0.679. The van der Waals surface area contributed by atoms with Crippen molar-refractivity contribution in [3.8, 4) is 0 Å². The SMILES string of the molecule is COP(O)OCO.[Y]. The number of rotatable bonds is 3. The van der Waals surface area contributed by atoms with Crippen LogP contribution in [0.15, 0.2) is 0 Å². The normalized spacial score (nSPS) is 12.4. The topological polar surface area (TPSA) is 58.9 Å². The van der Waals surface area contributed by atoms with Crippen LogP contribution in [-0.2, 0) is 41.8 Å². The second-order valence-corrected chi connectivity index (χ2v) is 1.78. The number of aliphatic hydroxyl groups is 1. The maximum atomic E-state index is 8.32. The van der Waals surface area contributed by atoms with Gasteiger partial charge in [0.1, 0.15) is 0 Å². The quantitative estimate of drug-likeness (QED) is 0.506. The summed E-state index contributed by atoms with van der Waals surface area (Å²) in [5.74, 6) is 0.